The topological polar surface area (TPSA) is 15.0 Å². The van der Waals surface area contributed by atoms with Crippen LogP contribution >= 0.6 is 0 Å². The molecule has 84 valence electrons. The quantitative estimate of drug-likeness (QED) is 0.630. The van der Waals surface area contributed by atoms with Crippen LogP contribution in [0.2, 0.25) is 0 Å². The Morgan fingerprint density at radius 1 is 1.43 bits per heavy atom. The summed E-state index contributed by atoms with van der Waals surface area (Å²) in [6.45, 7) is 10.8. The molecule has 0 radical (unpaired) electrons. The largest absolute Gasteiger partial charge is 0.320 e. The van der Waals surface area contributed by atoms with Crippen molar-refractivity contribution in [3.63, 3.8) is 0 Å². The lowest BCUT2D eigenvalue weighted by Gasteiger charge is -2.12. The highest BCUT2D eigenvalue weighted by molar-refractivity contribution is 5.03. The van der Waals surface area contributed by atoms with E-state index in [9.17, 15) is 0 Å². The van der Waals surface area contributed by atoms with Gasteiger partial charge in [0.05, 0.1) is 0 Å². The second kappa shape index (κ2) is 5.13. The van der Waals surface area contributed by atoms with Crippen molar-refractivity contribution in [3.05, 3.63) is 0 Å². The van der Waals surface area contributed by atoms with Crippen LogP contribution in [0.4, 0.5) is 0 Å². The fourth-order valence-electron chi connectivity index (χ4n) is 2.05. The molecule has 0 aromatic rings. The van der Waals surface area contributed by atoms with Crippen molar-refractivity contribution >= 4 is 0 Å². The lowest BCUT2D eigenvalue weighted by Crippen LogP contribution is -2.21. The zero-order valence-corrected chi connectivity index (χ0v) is 10.3. The van der Waals surface area contributed by atoms with Crippen molar-refractivity contribution in [3.8, 4) is 0 Å². The standard InChI is InChI=1S/C12H26N2/c1-11(2)6-5-9-14-10-12(14,3)7-8-13-4/h11,13H,5-10H2,1-4H3. The van der Waals surface area contributed by atoms with Crippen LogP contribution in [0.3, 0.4) is 0 Å². The molecule has 0 aromatic heterocycles. The van der Waals surface area contributed by atoms with Crippen LogP contribution in [0.25, 0.3) is 0 Å². The van der Waals surface area contributed by atoms with Gasteiger partial charge in [-0.05, 0) is 52.2 Å². The zero-order valence-electron chi connectivity index (χ0n) is 10.3. The molecule has 2 heteroatoms. The highest BCUT2D eigenvalue weighted by Gasteiger charge is 2.45. The number of hydrogen-bond donors (Lipinski definition) is 1. The summed E-state index contributed by atoms with van der Waals surface area (Å²) in [5, 5.41) is 3.23. The van der Waals surface area contributed by atoms with Crippen molar-refractivity contribution in [1.82, 2.24) is 10.2 Å². The van der Waals surface area contributed by atoms with E-state index in [1.54, 1.807) is 0 Å². The number of hydrogen-bond acceptors (Lipinski definition) is 2. The predicted molar refractivity (Wildman–Crippen MR) is 62.6 cm³/mol. The van der Waals surface area contributed by atoms with Gasteiger partial charge in [-0.1, -0.05) is 13.8 Å². The Kier molecular flexibility index (Phi) is 4.39. The van der Waals surface area contributed by atoms with Crippen LogP contribution in [0.5, 0.6) is 0 Å². The Morgan fingerprint density at radius 3 is 2.71 bits per heavy atom. The second-order valence-corrected chi connectivity index (χ2v) is 5.31. The van der Waals surface area contributed by atoms with Gasteiger partial charge >= 0.3 is 0 Å². The highest BCUT2D eigenvalue weighted by Crippen LogP contribution is 2.34. The molecule has 0 saturated carbocycles. The van der Waals surface area contributed by atoms with E-state index >= 15 is 0 Å². The molecule has 1 fully saturated rings. The van der Waals surface area contributed by atoms with E-state index in [0.717, 1.165) is 12.5 Å². The van der Waals surface area contributed by atoms with E-state index in [4.69, 9.17) is 0 Å². The Hall–Kier alpha value is -0.0800. The average molecular weight is 198 g/mol. The van der Waals surface area contributed by atoms with Gasteiger partial charge in [-0.15, -0.1) is 0 Å². The summed E-state index contributed by atoms with van der Waals surface area (Å²) in [5.41, 5.74) is 0.528. The van der Waals surface area contributed by atoms with Gasteiger partial charge in [0, 0.05) is 12.1 Å². The summed E-state index contributed by atoms with van der Waals surface area (Å²) < 4.78 is 0. The van der Waals surface area contributed by atoms with Crippen LogP contribution in [0.15, 0.2) is 0 Å². The van der Waals surface area contributed by atoms with Gasteiger partial charge in [0.25, 0.3) is 0 Å². The first-order valence-electron chi connectivity index (χ1n) is 5.98. The summed E-state index contributed by atoms with van der Waals surface area (Å²) in [6, 6.07) is 0. The molecule has 1 saturated heterocycles. The van der Waals surface area contributed by atoms with Crippen LogP contribution in [0.1, 0.15) is 40.0 Å². The van der Waals surface area contributed by atoms with Gasteiger partial charge in [-0.2, -0.15) is 0 Å². The van der Waals surface area contributed by atoms with E-state index in [2.05, 4.69) is 31.0 Å². The summed E-state index contributed by atoms with van der Waals surface area (Å²) in [5.74, 6) is 0.860. The third-order valence-corrected chi connectivity index (χ3v) is 3.31. The molecule has 1 heterocycles. The number of rotatable bonds is 7. The SMILES string of the molecule is CNCCC1(C)CN1CCCC(C)C. The van der Waals surface area contributed by atoms with Crippen LogP contribution in [0, 0.1) is 5.92 Å². The molecule has 1 aliphatic rings. The molecule has 0 aliphatic carbocycles. The van der Waals surface area contributed by atoms with Crippen molar-refractivity contribution < 1.29 is 0 Å². The van der Waals surface area contributed by atoms with Gasteiger partial charge in [-0.25, -0.2) is 0 Å². The molecular weight excluding hydrogens is 172 g/mol. The third-order valence-electron chi connectivity index (χ3n) is 3.31. The summed E-state index contributed by atoms with van der Waals surface area (Å²) in [6.07, 6.45) is 4.04. The molecule has 0 aromatic carbocycles. The normalized spacial score (nSPS) is 31.1. The van der Waals surface area contributed by atoms with Gasteiger partial charge < -0.3 is 5.32 Å². The minimum atomic E-state index is 0.528. The highest BCUT2D eigenvalue weighted by atomic mass is 15.3. The molecule has 14 heavy (non-hydrogen) atoms. The van der Waals surface area contributed by atoms with Crippen LogP contribution < -0.4 is 5.32 Å². The Labute approximate surface area is 89.1 Å². The summed E-state index contributed by atoms with van der Waals surface area (Å²) in [4.78, 5) is 2.62. The molecule has 1 aliphatic heterocycles. The van der Waals surface area contributed by atoms with Gasteiger partial charge in [0.1, 0.15) is 0 Å². The van der Waals surface area contributed by atoms with Gasteiger partial charge in [-0.3, -0.25) is 4.90 Å². The molecule has 2 atom stereocenters. The molecule has 1 rings (SSSR count). The molecule has 0 amide bonds. The minimum absolute atomic E-state index is 0.528. The van der Waals surface area contributed by atoms with Crippen molar-refractivity contribution in [2.45, 2.75) is 45.6 Å². The first-order chi connectivity index (χ1) is 6.58. The molecule has 2 nitrogen and oxygen atoms in total. The maximum absolute atomic E-state index is 3.23. The van der Waals surface area contributed by atoms with E-state index < -0.39 is 0 Å². The van der Waals surface area contributed by atoms with Crippen molar-refractivity contribution in [1.29, 1.82) is 0 Å². The average Bonchev–Trinajstić information content (AvgIpc) is 2.74. The summed E-state index contributed by atoms with van der Waals surface area (Å²) >= 11 is 0. The Morgan fingerprint density at radius 2 is 2.14 bits per heavy atom. The van der Waals surface area contributed by atoms with Gasteiger partial charge in [0.2, 0.25) is 0 Å². The van der Waals surface area contributed by atoms with Crippen molar-refractivity contribution in [2.24, 2.45) is 5.92 Å². The van der Waals surface area contributed by atoms with Crippen LogP contribution in [-0.2, 0) is 0 Å². The lowest BCUT2D eigenvalue weighted by atomic mass is 10.1. The molecular formula is C12H26N2. The zero-order chi connectivity index (χ0) is 10.6. The number of nitrogens with one attached hydrogen (secondary N) is 1. The van der Waals surface area contributed by atoms with Gasteiger partial charge in [0.15, 0.2) is 0 Å². The minimum Gasteiger partial charge on any atom is -0.320 e. The van der Waals surface area contributed by atoms with Crippen LogP contribution in [-0.4, -0.2) is 37.1 Å². The monoisotopic (exact) mass is 198 g/mol. The number of nitrogens with zero attached hydrogens (tertiary/aromatic N) is 1. The molecule has 0 bridgehead atoms. The van der Waals surface area contributed by atoms with E-state index in [0.29, 0.717) is 5.54 Å². The Balaban J connectivity index is 2.06. The fourth-order valence-corrected chi connectivity index (χ4v) is 2.05. The smallest absolute Gasteiger partial charge is 0.0321 e. The first kappa shape index (κ1) is 12.0. The third kappa shape index (κ3) is 3.58. The molecule has 2 unspecified atom stereocenters. The van der Waals surface area contributed by atoms with E-state index in [1.807, 2.05) is 7.05 Å². The second-order valence-electron chi connectivity index (χ2n) is 5.31. The predicted octanol–water partition coefficient (Wildman–Crippen LogP) is 2.11. The maximum Gasteiger partial charge on any atom is 0.0321 e. The fraction of sp³-hybridized carbons (Fsp3) is 1.00. The molecule has 1 N–H and O–H groups in total. The first-order valence-corrected chi connectivity index (χ1v) is 5.98. The van der Waals surface area contributed by atoms with Crippen molar-refractivity contribution in [2.75, 3.05) is 26.7 Å². The maximum atomic E-state index is 3.23. The Bertz CT molecular complexity index is 168. The van der Waals surface area contributed by atoms with E-state index in [-0.39, 0.29) is 0 Å². The summed E-state index contributed by atoms with van der Waals surface area (Å²) in [7, 11) is 2.04. The molecule has 0 spiro atoms. The van der Waals surface area contributed by atoms with E-state index in [1.165, 1.54) is 32.4 Å². The lowest BCUT2D eigenvalue weighted by molar-refractivity contribution is 0.380.